The van der Waals surface area contributed by atoms with Crippen molar-refractivity contribution in [2.24, 2.45) is 5.41 Å². The van der Waals surface area contributed by atoms with E-state index in [0.717, 1.165) is 5.41 Å². The summed E-state index contributed by atoms with van der Waals surface area (Å²) in [6.07, 6.45) is 4.37. The Labute approximate surface area is 93.2 Å². The Morgan fingerprint density at radius 2 is 1.71 bits per heavy atom. The van der Waals surface area contributed by atoms with Crippen LogP contribution in [0.3, 0.4) is 0 Å². The van der Waals surface area contributed by atoms with E-state index < -0.39 is 0 Å². The number of nitrogens with zero attached hydrogens (tertiary/aromatic N) is 1. The van der Waals surface area contributed by atoms with E-state index in [2.05, 4.69) is 45.1 Å². The normalized spacial score (nSPS) is 23.1. The van der Waals surface area contributed by atoms with Crippen LogP contribution in [0.2, 0.25) is 0 Å². The zero-order valence-corrected chi connectivity index (χ0v) is 9.76. The summed E-state index contributed by atoms with van der Waals surface area (Å²) >= 11 is 3.46. The summed E-state index contributed by atoms with van der Waals surface area (Å²) in [5.74, 6) is 0. The topological polar surface area (TPSA) is 3.24 Å². The zero-order valence-electron chi connectivity index (χ0n) is 8.17. The average Bonchev–Trinajstić information content (AvgIpc) is 2.03. The lowest BCUT2D eigenvalue weighted by atomic mass is 9.63. The van der Waals surface area contributed by atoms with Gasteiger partial charge >= 0.3 is 0 Å². The second kappa shape index (κ2) is 2.99. The predicted molar refractivity (Wildman–Crippen MR) is 62.6 cm³/mol. The summed E-state index contributed by atoms with van der Waals surface area (Å²) in [6, 6.07) is 8.66. The number of hydrogen-bond donors (Lipinski definition) is 0. The van der Waals surface area contributed by atoms with Crippen LogP contribution >= 0.6 is 15.9 Å². The highest BCUT2D eigenvalue weighted by Crippen LogP contribution is 2.49. The van der Waals surface area contributed by atoms with Crippen molar-refractivity contribution < 1.29 is 0 Å². The van der Waals surface area contributed by atoms with E-state index in [1.54, 1.807) is 0 Å². The summed E-state index contributed by atoms with van der Waals surface area (Å²) in [7, 11) is 0. The van der Waals surface area contributed by atoms with Gasteiger partial charge < -0.3 is 4.90 Å². The fourth-order valence-corrected chi connectivity index (χ4v) is 2.86. The molecule has 2 heteroatoms. The average molecular weight is 252 g/mol. The highest BCUT2D eigenvalue weighted by atomic mass is 79.9. The molecule has 1 heterocycles. The van der Waals surface area contributed by atoms with Gasteiger partial charge in [-0.05, 0) is 37.1 Å². The van der Waals surface area contributed by atoms with Crippen molar-refractivity contribution in [2.75, 3.05) is 18.0 Å². The van der Waals surface area contributed by atoms with Gasteiger partial charge in [-0.1, -0.05) is 22.4 Å². The summed E-state index contributed by atoms with van der Waals surface area (Å²) in [4.78, 5) is 2.49. The molecule has 0 aromatic heterocycles. The van der Waals surface area contributed by atoms with Crippen LogP contribution in [0.15, 0.2) is 28.7 Å². The molecule has 0 bridgehead atoms. The molecule has 1 aromatic carbocycles. The summed E-state index contributed by atoms with van der Waals surface area (Å²) < 4.78 is 1.17. The number of anilines is 1. The Bertz CT molecular complexity index is 332. The molecule has 74 valence electrons. The zero-order chi connectivity index (χ0) is 9.60. The molecular weight excluding hydrogens is 238 g/mol. The Hall–Kier alpha value is -0.500. The molecule has 1 spiro atoms. The van der Waals surface area contributed by atoms with Crippen molar-refractivity contribution in [3.63, 3.8) is 0 Å². The van der Waals surface area contributed by atoms with Gasteiger partial charge in [0, 0.05) is 28.7 Å². The molecule has 0 unspecified atom stereocenters. The second-order valence-electron chi connectivity index (χ2n) is 4.69. The van der Waals surface area contributed by atoms with Crippen LogP contribution in [0.5, 0.6) is 0 Å². The van der Waals surface area contributed by atoms with Gasteiger partial charge in [-0.3, -0.25) is 0 Å². The second-order valence-corrected chi connectivity index (χ2v) is 5.60. The van der Waals surface area contributed by atoms with Gasteiger partial charge in [0.1, 0.15) is 0 Å². The van der Waals surface area contributed by atoms with Crippen molar-refractivity contribution in [1.29, 1.82) is 0 Å². The van der Waals surface area contributed by atoms with Crippen molar-refractivity contribution >= 4 is 21.6 Å². The van der Waals surface area contributed by atoms with Gasteiger partial charge in [0.2, 0.25) is 0 Å². The molecule has 2 fully saturated rings. The van der Waals surface area contributed by atoms with E-state index in [1.165, 1.54) is 42.5 Å². The number of benzene rings is 1. The third-order valence-electron chi connectivity index (χ3n) is 3.66. The van der Waals surface area contributed by atoms with Crippen molar-refractivity contribution in [3.8, 4) is 0 Å². The van der Waals surface area contributed by atoms with E-state index >= 15 is 0 Å². The van der Waals surface area contributed by atoms with Gasteiger partial charge in [-0.25, -0.2) is 0 Å². The molecule has 1 aromatic rings. The van der Waals surface area contributed by atoms with Gasteiger partial charge in [-0.2, -0.15) is 0 Å². The molecule has 3 rings (SSSR count). The van der Waals surface area contributed by atoms with Crippen LogP contribution in [0.1, 0.15) is 19.3 Å². The van der Waals surface area contributed by atoms with Crippen LogP contribution in [-0.2, 0) is 0 Å². The largest absolute Gasteiger partial charge is 0.370 e. The van der Waals surface area contributed by atoms with E-state index in [9.17, 15) is 0 Å². The molecule has 0 N–H and O–H groups in total. The Morgan fingerprint density at radius 3 is 2.21 bits per heavy atom. The number of hydrogen-bond acceptors (Lipinski definition) is 1. The molecule has 0 atom stereocenters. The highest BCUT2D eigenvalue weighted by molar-refractivity contribution is 9.10. The van der Waals surface area contributed by atoms with Gasteiger partial charge in [0.25, 0.3) is 0 Å². The molecule has 2 aliphatic rings. The van der Waals surface area contributed by atoms with Crippen LogP contribution in [0, 0.1) is 5.41 Å². The van der Waals surface area contributed by atoms with E-state index in [4.69, 9.17) is 0 Å². The molecule has 1 saturated carbocycles. The third kappa shape index (κ3) is 1.28. The quantitative estimate of drug-likeness (QED) is 0.740. The number of halogens is 1. The van der Waals surface area contributed by atoms with Crippen LogP contribution in [0.4, 0.5) is 5.69 Å². The minimum absolute atomic E-state index is 0.729. The maximum Gasteiger partial charge on any atom is 0.0367 e. The molecule has 1 saturated heterocycles. The maximum atomic E-state index is 3.46. The fraction of sp³-hybridized carbons (Fsp3) is 0.500. The smallest absolute Gasteiger partial charge is 0.0367 e. The molecule has 0 amide bonds. The first-order valence-electron chi connectivity index (χ1n) is 5.28. The van der Waals surface area contributed by atoms with E-state index in [0.29, 0.717) is 0 Å². The Balaban J connectivity index is 1.70. The first kappa shape index (κ1) is 8.78. The highest BCUT2D eigenvalue weighted by Gasteiger charge is 2.47. The lowest BCUT2D eigenvalue weighted by molar-refractivity contribution is 0.0904. The summed E-state index contributed by atoms with van der Waals surface area (Å²) in [5.41, 5.74) is 2.11. The first-order valence-corrected chi connectivity index (χ1v) is 6.07. The van der Waals surface area contributed by atoms with Gasteiger partial charge in [0.15, 0.2) is 0 Å². The SMILES string of the molecule is Brc1ccc(N2CC3(CCC3)C2)cc1. The predicted octanol–water partition coefficient (Wildman–Crippen LogP) is 3.44. The molecule has 1 aliphatic carbocycles. The van der Waals surface area contributed by atoms with Crippen LogP contribution in [-0.4, -0.2) is 13.1 Å². The molecule has 1 nitrogen and oxygen atoms in total. The number of rotatable bonds is 1. The monoisotopic (exact) mass is 251 g/mol. The fourth-order valence-electron chi connectivity index (χ4n) is 2.59. The summed E-state index contributed by atoms with van der Waals surface area (Å²) in [5, 5.41) is 0. The maximum absolute atomic E-state index is 3.46. The molecule has 14 heavy (non-hydrogen) atoms. The lowest BCUT2D eigenvalue weighted by Crippen LogP contribution is -2.59. The first-order chi connectivity index (χ1) is 6.77. The van der Waals surface area contributed by atoms with Gasteiger partial charge in [0.05, 0.1) is 0 Å². The van der Waals surface area contributed by atoms with Crippen LogP contribution in [0.25, 0.3) is 0 Å². The Kier molecular flexibility index (Phi) is 1.88. The van der Waals surface area contributed by atoms with Crippen molar-refractivity contribution in [3.05, 3.63) is 28.7 Å². The van der Waals surface area contributed by atoms with E-state index in [-0.39, 0.29) is 0 Å². The molecule has 1 aliphatic heterocycles. The third-order valence-corrected chi connectivity index (χ3v) is 4.19. The minimum Gasteiger partial charge on any atom is -0.370 e. The minimum atomic E-state index is 0.729. The standard InChI is InChI=1S/C12H14BrN/c13-10-2-4-11(5-3-10)14-8-12(9-14)6-1-7-12/h2-5H,1,6-9H2. The van der Waals surface area contributed by atoms with Crippen molar-refractivity contribution in [2.45, 2.75) is 19.3 Å². The van der Waals surface area contributed by atoms with E-state index in [1.807, 2.05) is 0 Å². The summed E-state index contributed by atoms with van der Waals surface area (Å²) in [6.45, 7) is 2.57. The molecular formula is C12H14BrN. The van der Waals surface area contributed by atoms with Crippen molar-refractivity contribution in [1.82, 2.24) is 0 Å². The Morgan fingerprint density at radius 1 is 1.07 bits per heavy atom. The van der Waals surface area contributed by atoms with Crippen LogP contribution < -0.4 is 4.90 Å². The lowest BCUT2D eigenvalue weighted by Gasteiger charge is -2.57. The van der Waals surface area contributed by atoms with Gasteiger partial charge in [-0.15, -0.1) is 0 Å². The molecule has 0 radical (unpaired) electrons.